The van der Waals surface area contributed by atoms with Crippen LogP contribution >= 0.6 is 0 Å². The SMILES string of the molecule is CCCCOc1ccc(CCC(=O)OCC2O[C@H](O)C(C)[C@@H](C)[C@@H]2C)cc1. The van der Waals surface area contributed by atoms with E-state index in [1.54, 1.807) is 0 Å². The zero-order chi connectivity index (χ0) is 19.8. The maximum atomic E-state index is 12.1. The van der Waals surface area contributed by atoms with Gasteiger partial charge in [0.25, 0.3) is 0 Å². The third-order valence-corrected chi connectivity index (χ3v) is 5.73. The molecule has 1 fully saturated rings. The molecule has 152 valence electrons. The molecule has 2 rings (SSSR count). The minimum absolute atomic E-state index is 0.0841. The van der Waals surface area contributed by atoms with Crippen molar-refractivity contribution in [3.05, 3.63) is 29.8 Å². The highest BCUT2D eigenvalue weighted by atomic mass is 16.6. The molecule has 5 atom stereocenters. The highest BCUT2D eigenvalue weighted by Gasteiger charge is 2.38. The van der Waals surface area contributed by atoms with Gasteiger partial charge in [-0.2, -0.15) is 0 Å². The summed E-state index contributed by atoms with van der Waals surface area (Å²) in [5.41, 5.74) is 1.08. The van der Waals surface area contributed by atoms with Crippen molar-refractivity contribution in [2.45, 2.75) is 65.8 Å². The van der Waals surface area contributed by atoms with Crippen LogP contribution in [-0.2, 0) is 20.7 Å². The Morgan fingerprint density at radius 2 is 1.81 bits per heavy atom. The summed E-state index contributed by atoms with van der Waals surface area (Å²) in [5, 5.41) is 9.97. The molecule has 1 saturated heterocycles. The zero-order valence-corrected chi connectivity index (χ0v) is 17.0. The molecule has 0 bridgehead atoms. The van der Waals surface area contributed by atoms with Gasteiger partial charge in [0.2, 0.25) is 0 Å². The first-order valence-corrected chi connectivity index (χ1v) is 10.1. The molecule has 27 heavy (non-hydrogen) atoms. The van der Waals surface area contributed by atoms with Crippen LogP contribution in [0.4, 0.5) is 0 Å². The first-order chi connectivity index (χ1) is 12.9. The smallest absolute Gasteiger partial charge is 0.306 e. The molecule has 5 nitrogen and oxygen atoms in total. The van der Waals surface area contributed by atoms with Crippen molar-refractivity contribution in [2.24, 2.45) is 17.8 Å². The van der Waals surface area contributed by atoms with Crippen LogP contribution in [0, 0.1) is 17.8 Å². The molecule has 0 radical (unpaired) electrons. The maximum Gasteiger partial charge on any atom is 0.306 e. The Morgan fingerprint density at radius 3 is 2.48 bits per heavy atom. The fourth-order valence-electron chi connectivity index (χ4n) is 3.28. The largest absolute Gasteiger partial charge is 0.494 e. The molecule has 1 N–H and O–H groups in total. The topological polar surface area (TPSA) is 65.0 Å². The summed E-state index contributed by atoms with van der Waals surface area (Å²) < 4.78 is 16.6. The molecule has 1 aliphatic rings. The second-order valence-electron chi connectivity index (χ2n) is 7.67. The van der Waals surface area contributed by atoms with Crippen molar-refractivity contribution in [3.63, 3.8) is 0 Å². The number of aliphatic hydroxyl groups excluding tert-OH is 1. The quantitative estimate of drug-likeness (QED) is 0.520. The number of hydrogen-bond acceptors (Lipinski definition) is 5. The number of aliphatic hydroxyl groups is 1. The van der Waals surface area contributed by atoms with E-state index in [4.69, 9.17) is 14.2 Å². The Labute approximate surface area is 163 Å². The summed E-state index contributed by atoms with van der Waals surface area (Å²) in [7, 11) is 0. The van der Waals surface area contributed by atoms with Crippen LogP contribution in [-0.4, -0.2) is 36.7 Å². The van der Waals surface area contributed by atoms with Crippen molar-refractivity contribution in [1.82, 2.24) is 0 Å². The van der Waals surface area contributed by atoms with E-state index in [1.165, 1.54) is 0 Å². The molecule has 0 aromatic heterocycles. The zero-order valence-electron chi connectivity index (χ0n) is 17.0. The first kappa shape index (κ1) is 21.7. The van der Waals surface area contributed by atoms with Crippen molar-refractivity contribution in [1.29, 1.82) is 0 Å². The Morgan fingerprint density at radius 1 is 1.11 bits per heavy atom. The predicted molar refractivity (Wildman–Crippen MR) is 104 cm³/mol. The van der Waals surface area contributed by atoms with Gasteiger partial charge >= 0.3 is 5.97 Å². The molecule has 0 aliphatic carbocycles. The summed E-state index contributed by atoms with van der Waals surface area (Å²) in [4.78, 5) is 12.1. The van der Waals surface area contributed by atoms with Gasteiger partial charge in [0, 0.05) is 12.3 Å². The number of benzene rings is 1. The summed E-state index contributed by atoms with van der Waals surface area (Å²) in [6.45, 7) is 9.22. The Bertz CT molecular complexity index is 571. The van der Waals surface area contributed by atoms with Gasteiger partial charge in [-0.3, -0.25) is 4.79 Å². The van der Waals surface area contributed by atoms with Crippen molar-refractivity contribution < 1.29 is 24.1 Å². The van der Waals surface area contributed by atoms with Crippen molar-refractivity contribution >= 4 is 5.97 Å². The molecule has 1 aliphatic heterocycles. The number of carbonyl (C=O) groups is 1. The first-order valence-electron chi connectivity index (χ1n) is 10.1. The molecule has 0 saturated carbocycles. The van der Waals surface area contributed by atoms with Crippen LogP contribution < -0.4 is 4.74 Å². The molecule has 1 heterocycles. The highest BCUT2D eigenvalue weighted by molar-refractivity contribution is 5.69. The van der Waals surface area contributed by atoms with E-state index in [9.17, 15) is 9.90 Å². The van der Waals surface area contributed by atoms with E-state index in [2.05, 4.69) is 20.8 Å². The monoisotopic (exact) mass is 378 g/mol. The molecule has 1 aromatic rings. The lowest BCUT2D eigenvalue weighted by Crippen LogP contribution is -2.46. The average Bonchev–Trinajstić information content (AvgIpc) is 2.67. The normalized spacial score (nSPS) is 28.0. The molecule has 5 heteroatoms. The maximum absolute atomic E-state index is 12.1. The predicted octanol–water partition coefficient (Wildman–Crippen LogP) is 3.97. The lowest BCUT2D eigenvalue weighted by molar-refractivity contribution is -0.235. The van der Waals surface area contributed by atoms with E-state index in [1.807, 2.05) is 31.2 Å². The number of unbranched alkanes of at least 4 members (excludes halogenated alkanes) is 1. The Kier molecular flexibility index (Phi) is 8.58. The van der Waals surface area contributed by atoms with Gasteiger partial charge in [-0.05, 0) is 42.4 Å². The lowest BCUT2D eigenvalue weighted by Gasteiger charge is -2.41. The third-order valence-electron chi connectivity index (χ3n) is 5.73. The molecule has 2 unspecified atom stereocenters. The van der Waals surface area contributed by atoms with Gasteiger partial charge in [0.1, 0.15) is 12.4 Å². The fraction of sp³-hybridized carbons (Fsp3) is 0.682. The lowest BCUT2D eigenvalue weighted by atomic mass is 9.79. The number of rotatable bonds is 9. The molecule has 0 spiro atoms. The average molecular weight is 379 g/mol. The van der Waals surface area contributed by atoms with Crippen LogP contribution in [0.1, 0.15) is 52.5 Å². The summed E-state index contributed by atoms with van der Waals surface area (Å²) in [6.07, 6.45) is 2.07. The van der Waals surface area contributed by atoms with E-state index >= 15 is 0 Å². The minimum atomic E-state index is -0.794. The minimum Gasteiger partial charge on any atom is -0.494 e. The van der Waals surface area contributed by atoms with E-state index in [0.29, 0.717) is 18.8 Å². The Balaban J connectivity index is 1.71. The van der Waals surface area contributed by atoms with Gasteiger partial charge in [-0.25, -0.2) is 0 Å². The number of ether oxygens (including phenoxy) is 3. The molecular formula is C22H34O5. The summed E-state index contributed by atoms with van der Waals surface area (Å²) in [6, 6.07) is 7.86. The standard InChI is InChI=1S/C22H34O5/c1-5-6-13-25-19-10-7-18(8-11-19)9-12-21(23)26-14-20-16(3)15(2)17(4)22(24)27-20/h7-8,10-11,15-17,20,22,24H,5-6,9,12-14H2,1-4H3/t15-,16-,17?,20?,22-/m0/s1. The van der Waals surface area contributed by atoms with E-state index in [-0.39, 0.29) is 30.5 Å². The second-order valence-corrected chi connectivity index (χ2v) is 7.67. The highest BCUT2D eigenvalue weighted by Crippen LogP contribution is 2.34. The van der Waals surface area contributed by atoms with Gasteiger partial charge in [0.15, 0.2) is 6.29 Å². The van der Waals surface area contributed by atoms with Crippen LogP contribution in [0.5, 0.6) is 5.75 Å². The van der Waals surface area contributed by atoms with Gasteiger partial charge in [-0.1, -0.05) is 46.2 Å². The van der Waals surface area contributed by atoms with Crippen LogP contribution in [0.2, 0.25) is 0 Å². The number of carbonyl (C=O) groups excluding carboxylic acids is 1. The van der Waals surface area contributed by atoms with Crippen LogP contribution in [0.15, 0.2) is 24.3 Å². The van der Waals surface area contributed by atoms with E-state index < -0.39 is 6.29 Å². The molecule has 1 aromatic carbocycles. The van der Waals surface area contributed by atoms with Crippen LogP contribution in [0.25, 0.3) is 0 Å². The van der Waals surface area contributed by atoms with Crippen LogP contribution in [0.3, 0.4) is 0 Å². The number of aryl methyl sites for hydroxylation is 1. The third kappa shape index (κ3) is 6.51. The second kappa shape index (κ2) is 10.7. The Hall–Kier alpha value is -1.59. The van der Waals surface area contributed by atoms with Crippen molar-refractivity contribution in [2.75, 3.05) is 13.2 Å². The molecular weight excluding hydrogens is 344 g/mol. The molecule has 0 amide bonds. The fourth-order valence-corrected chi connectivity index (χ4v) is 3.28. The summed E-state index contributed by atoms with van der Waals surface area (Å²) in [5.74, 6) is 1.25. The number of hydrogen-bond donors (Lipinski definition) is 1. The van der Waals surface area contributed by atoms with E-state index in [0.717, 1.165) is 30.8 Å². The van der Waals surface area contributed by atoms with Crippen molar-refractivity contribution in [3.8, 4) is 5.75 Å². The summed E-state index contributed by atoms with van der Waals surface area (Å²) >= 11 is 0. The van der Waals surface area contributed by atoms with Gasteiger partial charge in [0.05, 0.1) is 12.7 Å². The number of esters is 1. The van der Waals surface area contributed by atoms with Gasteiger partial charge in [-0.15, -0.1) is 0 Å². The van der Waals surface area contributed by atoms with Gasteiger partial charge < -0.3 is 19.3 Å².